The van der Waals surface area contributed by atoms with E-state index in [2.05, 4.69) is 35.9 Å². The van der Waals surface area contributed by atoms with Crippen LogP contribution in [0.25, 0.3) is 0 Å². The SMILES string of the molecule is CN(Cc1nc(C2CC2)no1)CC1CCOC(C)(C)C1. The normalized spacial score (nSPS) is 26.1. The van der Waals surface area contributed by atoms with E-state index in [1.165, 1.54) is 12.8 Å². The summed E-state index contributed by atoms with van der Waals surface area (Å²) >= 11 is 0. The molecule has 20 heavy (non-hydrogen) atoms. The molecule has 2 aliphatic rings. The van der Waals surface area contributed by atoms with Crippen LogP contribution in [0.4, 0.5) is 0 Å². The lowest BCUT2D eigenvalue weighted by Gasteiger charge is -2.36. The highest BCUT2D eigenvalue weighted by atomic mass is 16.5. The molecule has 1 unspecified atom stereocenters. The van der Waals surface area contributed by atoms with Gasteiger partial charge in [0.05, 0.1) is 12.1 Å². The van der Waals surface area contributed by atoms with Crippen molar-refractivity contribution in [3.8, 4) is 0 Å². The van der Waals surface area contributed by atoms with Crippen LogP contribution >= 0.6 is 0 Å². The van der Waals surface area contributed by atoms with E-state index < -0.39 is 0 Å². The highest BCUT2D eigenvalue weighted by Gasteiger charge is 2.30. The molecule has 1 atom stereocenters. The molecule has 0 aromatic carbocycles. The molecule has 1 aliphatic heterocycles. The maximum absolute atomic E-state index is 5.77. The third-order valence-electron chi connectivity index (χ3n) is 4.20. The van der Waals surface area contributed by atoms with Crippen molar-refractivity contribution in [2.75, 3.05) is 20.2 Å². The van der Waals surface area contributed by atoms with Crippen molar-refractivity contribution in [3.63, 3.8) is 0 Å². The summed E-state index contributed by atoms with van der Waals surface area (Å²) in [5.41, 5.74) is 0.0212. The minimum atomic E-state index is 0.0212. The molecule has 1 saturated heterocycles. The molecule has 1 aromatic rings. The Kier molecular flexibility index (Phi) is 3.82. The van der Waals surface area contributed by atoms with Crippen LogP contribution in [-0.4, -0.2) is 40.8 Å². The van der Waals surface area contributed by atoms with E-state index in [9.17, 15) is 0 Å². The van der Waals surface area contributed by atoms with Crippen LogP contribution in [-0.2, 0) is 11.3 Å². The van der Waals surface area contributed by atoms with Gasteiger partial charge in [0, 0.05) is 19.1 Å². The molecule has 0 radical (unpaired) electrons. The number of aromatic nitrogens is 2. The summed E-state index contributed by atoms with van der Waals surface area (Å²) < 4.78 is 11.1. The van der Waals surface area contributed by atoms with Crippen LogP contribution < -0.4 is 0 Å². The molecule has 1 saturated carbocycles. The average molecular weight is 279 g/mol. The Morgan fingerprint density at radius 2 is 2.10 bits per heavy atom. The predicted molar refractivity (Wildman–Crippen MR) is 75.4 cm³/mol. The summed E-state index contributed by atoms with van der Waals surface area (Å²) in [5.74, 6) is 2.91. The van der Waals surface area contributed by atoms with Crippen LogP contribution in [0.3, 0.4) is 0 Å². The highest BCUT2D eigenvalue weighted by molar-refractivity contribution is 5.03. The molecule has 0 amide bonds. The van der Waals surface area contributed by atoms with Crippen molar-refractivity contribution in [1.29, 1.82) is 0 Å². The Labute approximate surface area is 120 Å². The lowest BCUT2D eigenvalue weighted by atomic mass is 9.88. The van der Waals surface area contributed by atoms with Gasteiger partial charge in [-0.15, -0.1) is 0 Å². The quantitative estimate of drug-likeness (QED) is 0.829. The fourth-order valence-electron chi connectivity index (χ4n) is 3.09. The van der Waals surface area contributed by atoms with Gasteiger partial charge in [-0.05, 0) is 52.5 Å². The lowest BCUT2D eigenvalue weighted by Crippen LogP contribution is -2.38. The Morgan fingerprint density at radius 1 is 1.30 bits per heavy atom. The zero-order valence-corrected chi connectivity index (χ0v) is 12.8. The molecule has 0 N–H and O–H groups in total. The van der Waals surface area contributed by atoms with Gasteiger partial charge in [-0.2, -0.15) is 4.98 Å². The molecule has 0 spiro atoms. The third kappa shape index (κ3) is 3.58. The van der Waals surface area contributed by atoms with Crippen molar-refractivity contribution >= 4 is 0 Å². The second-order valence-electron chi connectivity index (χ2n) is 6.98. The lowest BCUT2D eigenvalue weighted by molar-refractivity contribution is -0.0763. The van der Waals surface area contributed by atoms with Crippen LogP contribution in [0.5, 0.6) is 0 Å². The first-order chi connectivity index (χ1) is 9.52. The summed E-state index contributed by atoms with van der Waals surface area (Å²) in [6.07, 6.45) is 4.69. The Hall–Kier alpha value is -0.940. The van der Waals surface area contributed by atoms with Gasteiger partial charge in [-0.3, -0.25) is 4.90 Å². The minimum Gasteiger partial charge on any atom is -0.376 e. The molecular formula is C15H25N3O2. The smallest absolute Gasteiger partial charge is 0.240 e. The summed E-state index contributed by atoms with van der Waals surface area (Å²) in [6, 6.07) is 0. The second-order valence-corrected chi connectivity index (χ2v) is 6.98. The number of rotatable bonds is 5. The minimum absolute atomic E-state index is 0.0212. The zero-order chi connectivity index (χ0) is 14.2. The van der Waals surface area contributed by atoms with Gasteiger partial charge in [-0.25, -0.2) is 0 Å². The van der Waals surface area contributed by atoms with Gasteiger partial charge < -0.3 is 9.26 Å². The fraction of sp³-hybridized carbons (Fsp3) is 0.867. The summed E-state index contributed by atoms with van der Waals surface area (Å²) in [5, 5.41) is 4.07. The molecule has 3 rings (SSSR count). The molecule has 2 fully saturated rings. The fourth-order valence-corrected chi connectivity index (χ4v) is 3.09. The average Bonchev–Trinajstić information content (AvgIpc) is 3.09. The molecule has 5 nitrogen and oxygen atoms in total. The first-order valence-corrected chi connectivity index (χ1v) is 7.67. The standard InChI is InChI=1S/C15H25N3O2/c1-15(2)8-11(6-7-19-15)9-18(3)10-13-16-14(17-20-13)12-4-5-12/h11-12H,4-10H2,1-3H3. The first-order valence-electron chi connectivity index (χ1n) is 7.67. The Morgan fingerprint density at radius 3 is 2.80 bits per heavy atom. The van der Waals surface area contributed by atoms with E-state index in [-0.39, 0.29) is 5.60 Å². The van der Waals surface area contributed by atoms with Crippen molar-refractivity contribution in [1.82, 2.24) is 15.0 Å². The van der Waals surface area contributed by atoms with Crippen LogP contribution in [0.2, 0.25) is 0 Å². The molecule has 1 aromatic heterocycles. The third-order valence-corrected chi connectivity index (χ3v) is 4.20. The van der Waals surface area contributed by atoms with Gasteiger partial charge in [-0.1, -0.05) is 5.16 Å². The van der Waals surface area contributed by atoms with Crippen LogP contribution in [0.15, 0.2) is 4.52 Å². The molecular weight excluding hydrogens is 254 g/mol. The predicted octanol–water partition coefficient (Wildman–Crippen LogP) is 2.58. The zero-order valence-electron chi connectivity index (χ0n) is 12.8. The van der Waals surface area contributed by atoms with Gasteiger partial charge in [0.1, 0.15) is 0 Å². The second kappa shape index (κ2) is 5.45. The molecule has 1 aliphatic carbocycles. The van der Waals surface area contributed by atoms with Crippen molar-refractivity contribution < 1.29 is 9.26 Å². The van der Waals surface area contributed by atoms with Crippen LogP contribution in [0.1, 0.15) is 57.2 Å². The van der Waals surface area contributed by atoms with Gasteiger partial charge >= 0.3 is 0 Å². The maximum atomic E-state index is 5.77. The Bertz CT molecular complexity index is 454. The molecule has 5 heteroatoms. The number of hydrogen-bond acceptors (Lipinski definition) is 5. The van der Waals surface area contributed by atoms with E-state index >= 15 is 0 Å². The van der Waals surface area contributed by atoms with E-state index in [1.54, 1.807) is 0 Å². The Balaban J connectivity index is 1.49. The summed E-state index contributed by atoms with van der Waals surface area (Å²) in [7, 11) is 2.13. The number of nitrogens with zero attached hydrogens (tertiary/aromatic N) is 3. The maximum Gasteiger partial charge on any atom is 0.240 e. The summed E-state index contributed by atoms with van der Waals surface area (Å²) in [4.78, 5) is 6.78. The topological polar surface area (TPSA) is 51.4 Å². The number of hydrogen-bond donors (Lipinski definition) is 0. The number of ether oxygens (including phenoxy) is 1. The van der Waals surface area contributed by atoms with Crippen molar-refractivity contribution in [3.05, 3.63) is 11.7 Å². The van der Waals surface area contributed by atoms with Crippen molar-refractivity contribution in [2.24, 2.45) is 5.92 Å². The van der Waals surface area contributed by atoms with Crippen molar-refractivity contribution in [2.45, 2.75) is 57.6 Å². The van der Waals surface area contributed by atoms with E-state index in [1.807, 2.05) is 0 Å². The molecule has 2 heterocycles. The van der Waals surface area contributed by atoms with E-state index in [0.717, 1.165) is 44.3 Å². The molecule has 0 bridgehead atoms. The largest absolute Gasteiger partial charge is 0.376 e. The van der Waals surface area contributed by atoms with Gasteiger partial charge in [0.15, 0.2) is 5.82 Å². The molecule has 112 valence electrons. The van der Waals surface area contributed by atoms with E-state index in [0.29, 0.717) is 11.8 Å². The first kappa shape index (κ1) is 14.0. The monoisotopic (exact) mass is 279 g/mol. The van der Waals surface area contributed by atoms with Gasteiger partial charge in [0.2, 0.25) is 5.89 Å². The summed E-state index contributed by atoms with van der Waals surface area (Å²) in [6.45, 7) is 7.04. The highest BCUT2D eigenvalue weighted by Crippen LogP contribution is 2.38. The van der Waals surface area contributed by atoms with Crippen LogP contribution in [0, 0.1) is 5.92 Å². The van der Waals surface area contributed by atoms with E-state index in [4.69, 9.17) is 9.26 Å². The van der Waals surface area contributed by atoms with Gasteiger partial charge in [0.25, 0.3) is 0 Å².